The number of hydrogen-bond donors (Lipinski definition) is 1. The van der Waals surface area contributed by atoms with Gasteiger partial charge in [-0.05, 0) is 61.6 Å². The maximum absolute atomic E-state index is 15.0. The second-order valence-electron chi connectivity index (χ2n) is 10.7. The second-order valence-corrected chi connectivity index (χ2v) is 10.7. The first-order chi connectivity index (χ1) is 17.4. The van der Waals surface area contributed by atoms with Crippen molar-refractivity contribution in [1.29, 1.82) is 0 Å². The lowest BCUT2D eigenvalue weighted by molar-refractivity contribution is 0.215. The van der Waals surface area contributed by atoms with E-state index in [-0.39, 0.29) is 11.4 Å². The molecule has 0 saturated carbocycles. The number of anilines is 2. The Hall–Kier alpha value is -3.19. The van der Waals surface area contributed by atoms with Gasteiger partial charge in [-0.2, -0.15) is 0 Å². The number of fused-ring (bicyclic) bond motifs is 1. The van der Waals surface area contributed by atoms with E-state index in [4.69, 9.17) is 9.97 Å². The molecule has 36 heavy (non-hydrogen) atoms. The molecule has 1 unspecified atom stereocenters. The first-order valence-electron chi connectivity index (χ1n) is 13.2. The van der Waals surface area contributed by atoms with E-state index in [0.717, 1.165) is 85.1 Å². The van der Waals surface area contributed by atoms with Crippen LogP contribution in [0.1, 0.15) is 31.7 Å². The summed E-state index contributed by atoms with van der Waals surface area (Å²) in [7, 11) is 2.12. The van der Waals surface area contributed by atoms with Crippen molar-refractivity contribution in [3.8, 4) is 11.3 Å². The topological polar surface area (TPSA) is 47.5 Å². The Labute approximate surface area is 212 Å². The third kappa shape index (κ3) is 4.09. The highest BCUT2D eigenvalue weighted by Gasteiger charge is 2.41. The van der Waals surface area contributed by atoms with Crippen LogP contribution in [-0.2, 0) is 6.42 Å². The van der Waals surface area contributed by atoms with Crippen LogP contribution in [0.3, 0.4) is 0 Å². The first-order valence-corrected chi connectivity index (χ1v) is 13.2. The van der Waals surface area contributed by atoms with Gasteiger partial charge >= 0.3 is 0 Å². The standard InChI is InChI=1S/C29H35FN6/c1-4-21-13-26-23(14-24(21)30)27(36-12-9-29(19-36)18-34(3)20(2)16-32-29)15-25(33-26)22-7-8-28(31-17-22)35-10-5-6-11-35/h7-8,13-15,17,32H,2,4-6,9-12,16,18-19H2,1,3H3. The molecule has 1 aromatic carbocycles. The van der Waals surface area contributed by atoms with Gasteiger partial charge in [0.25, 0.3) is 0 Å². The van der Waals surface area contributed by atoms with Crippen molar-refractivity contribution in [3.63, 3.8) is 0 Å². The van der Waals surface area contributed by atoms with Crippen molar-refractivity contribution in [3.05, 3.63) is 60.2 Å². The van der Waals surface area contributed by atoms with E-state index >= 15 is 0 Å². The van der Waals surface area contributed by atoms with Crippen LogP contribution in [0.4, 0.5) is 15.9 Å². The van der Waals surface area contributed by atoms with E-state index in [1.807, 2.05) is 19.2 Å². The minimum absolute atomic E-state index is 0.00648. The predicted molar refractivity (Wildman–Crippen MR) is 145 cm³/mol. The van der Waals surface area contributed by atoms with Crippen LogP contribution in [0, 0.1) is 5.82 Å². The van der Waals surface area contributed by atoms with Crippen LogP contribution in [-0.4, -0.2) is 66.7 Å². The molecule has 3 saturated heterocycles. The summed E-state index contributed by atoms with van der Waals surface area (Å²) < 4.78 is 15.0. The molecule has 6 rings (SSSR count). The molecule has 0 radical (unpaired) electrons. The van der Waals surface area contributed by atoms with Crippen molar-refractivity contribution in [2.45, 2.75) is 38.1 Å². The van der Waals surface area contributed by atoms with Crippen LogP contribution in [0.25, 0.3) is 22.2 Å². The number of nitrogens with zero attached hydrogens (tertiary/aromatic N) is 5. The molecular formula is C29H35FN6. The molecule has 0 aliphatic carbocycles. The Balaban J connectivity index is 1.39. The number of rotatable bonds is 4. The Kier molecular flexibility index (Phi) is 5.83. The molecule has 3 fully saturated rings. The Morgan fingerprint density at radius 1 is 1.08 bits per heavy atom. The quantitative estimate of drug-likeness (QED) is 0.582. The molecule has 1 atom stereocenters. The van der Waals surface area contributed by atoms with Gasteiger partial charge in [0.05, 0.1) is 16.7 Å². The number of pyridine rings is 2. The highest BCUT2D eigenvalue weighted by Crippen LogP contribution is 2.37. The number of piperazine rings is 1. The fourth-order valence-corrected chi connectivity index (χ4v) is 6.02. The normalized spacial score (nSPS) is 22.4. The fraction of sp³-hybridized carbons (Fsp3) is 0.448. The van der Waals surface area contributed by atoms with Gasteiger partial charge in [0, 0.05) is 74.8 Å². The number of aryl methyl sites for hydroxylation is 1. The summed E-state index contributed by atoms with van der Waals surface area (Å²) in [5, 5.41) is 4.62. The number of halogens is 1. The maximum atomic E-state index is 15.0. The summed E-state index contributed by atoms with van der Waals surface area (Å²) in [5.74, 6) is 0.876. The number of hydrogen-bond acceptors (Lipinski definition) is 6. The lowest BCUT2D eigenvalue weighted by Gasteiger charge is -2.42. The fourth-order valence-electron chi connectivity index (χ4n) is 6.02. The van der Waals surface area contributed by atoms with E-state index in [0.29, 0.717) is 12.0 Å². The van der Waals surface area contributed by atoms with E-state index < -0.39 is 0 Å². The third-order valence-corrected chi connectivity index (χ3v) is 8.25. The molecule has 3 aliphatic rings. The van der Waals surface area contributed by atoms with Gasteiger partial charge in [0.1, 0.15) is 11.6 Å². The van der Waals surface area contributed by atoms with Crippen LogP contribution in [0.5, 0.6) is 0 Å². The van der Waals surface area contributed by atoms with Gasteiger partial charge in [-0.1, -0.05) is 13.5 Å². The van der Waals surface area contributed by atoms with Gasteiger partial charge in [0.2, 0.25) is 0 Å². The van der Waals surface area contributed by atoms with Gasteiger partial charge < -0.3 is 20.0 Å². The lowest BCUT2D eigenvalue weighted by atomic mass is 9.95. The summed E-state index contributed by atoms with van der Waals surface area (Å²) >= 11 is 0. The van der Waals surface area contributed by atoms with Crippen molar-refractivity contribution in [2.24, 2.45) is 0 Å². The monoisotopic (exact) mass is 486 g/mol. The van der Waals surface area contributed by atoms with E-state index in [2.05, 4.69) is 51.8 Å². The molecule has 188 valence electrons. The molecule has 5 heterocycles. The predicted octanol–water partition coefficient (Wildman–Crippen LogP) is 4.60. The van der Waals surface area contributed by atoms with Crippen molar-refractivity contribution in [2.75, 3.05) is 56.1 Å². The SMILES string of the molecule is C=C1CNC2(CCN(c3cc(-c4ccc(N5CCCC5)nc4)nc4cc(CC)c(F)cc34)C2)CN1C. The van der Waals surface area contributed by atoms with Crippen molar-refractivity contribution < 1.29 is 4.39 Å². The minimum Gasteiger partial charge on any atom is -0.375 e. The Morgan fingerprint density at radius 3 is 2.64 bits per heavy atom. The summed E-state index contributed by atoms with van der Waals surface area (Å²) in [5.41, 5.74) is 5.59. The summed E-state index contributed by atoms with van der Waals surface area (Å²) in [4.78, 5) is 16.8. The van der Waals surface area contributed by atoms with E-state index in [9.17, 15) is 4.39 Å². The van der Waals surface area contributed by atoms with Gasteiger partial charge in [-0.15, -0.1) is 0 Å². The molecule has 6 nitrogen and oxygen atoms in total. The number of nitrogens with one attached hydrogen (secondary N) is 1. The largest absolute Gasteiger partial charge is 0.375 e. The second kappa shape index (κ2) is 9.04. The average Bonchev–Trinajstić information content (AvgIpc) is 3.57. The number of likely N-dealkylation sites (N-methyl/N-ethyl adjacent to an activating group) is 1. The van der Waals surface area contributed by atoms with Crippen LogP contribution >= 0.6 is 0 Å². The lowest BCUT2D eigenvalue weighted by Crippen LogP contribution is -2.59. The molecule has 3 aliphatic heterocycles. The zero-order chi connectivity index (χ0) is 24.9. The van der Waals surface area contributed by atoms with E-state index in [1.165, 1.54) is 12.8 Å². The molecule has 7 heteroatoms. The molecule has 1 spiro atoms. The summed E-state index contributed by atoms with van der Waals surface area (Å²) in [6.45, 7) is 11.8. The number of benzene rings is 1. The first kappa shape index (κ1) is 23.2. The smallest absolute Gasteiger partial charge is 0.128 e. The zero-order valence-corrected chi connectivity index (χ0v) is 21.4. The van der Waals surface area contributed by atoms with Crippen LogP contribution in [0.15, 0.2) is 48.8 Å². The minimum atomic E-state index is -0.154. The third-order valence-electron chi connectivity index (χ3n) is 8.25. The average molecular weight is 487 g/mol. The van der Waals surface area contributed by atoms with Crippen molar-refractivity contribution in [1.82, 2.24) is 20.2 Å². The van der Waals surface area contributed by atoms with Gasteiger partial charge in [-0.25, -0.2) is 14.4 Å². The van der Waals surface area contributed by atoms with Crippen LogP contribution in [0.2, 0.25) is 0 Å². The maximum Gasteiger partial charge on any atom is 0.128 e. The summed E-state index contributed by atoms with van der Waals surface area (Å²) in [6, 6.07) is 9.96. The molecular weight excluding hydrogens is 451 g/mol. The van der Waals surface area contributed by atoms with E-state index in [1.54, 1.807) is 6.07 Å². The highest BCUT2D eigenvalue weighted by molar-refractivity contribution is 5.95. The van der Waals surface area contributed by atoms with Gasteiger partial charge in [-0.3, -0.25) is 0 Å². The zero-order valence-electron chi connectivity index (χ0n) is 21.4. The van der Waals surface area contributed by atoms with Gasteiger partial charge in [0.15, 0.2) is 0 Å². The molecule has 1 N–H and O–H groups in total. The number of aromatic nitrogens is 2. The molecule has 0 amide bonds. The molecule has 2 aromatic heterocycles. The Morgan fingerprint density at radius 2 is 1.92 bits per heavy atom. The molecule has 0 bridgehead atoms. The summed E-state index contributed by atoms with van der Waals surface area (Å²) in [6.07, 6.45) is 6.06. The highest BCUT2D eigenvalue weighted by atomic mass is 19.1. The van der Waals surface area contributed by atoms with Crippen LogP contribution < -0.4 is 15.1 Å². The molecule has 3 aromatic rings. The Bertz CT molecular complexity index is 1300. The van der Waals surface area contributed by atoms with Crippen molar-refractivity contribution >= 4 is 22.4 Å².